The van der Waals surface area contributed by atoms with E-state index in [0.717, 1.165) is 36.8 Å². The molecule has 1 aliphatic carbocycles. The van der Waals surface area contributed by atoms with Gasteiger partial charge in [-0.1, -0.05) is 43.4 Å². The molecule has 1 saturated carbocycles. The molecule has 0 spiro atoms. The molecule has 106 valence electrons. The summed E-state index contributed by atoms with van der Waals surface area (Å²) in [5.74, 6) is 0.325. The van der Waals surface area contributed by atoms with Crippen molar-refractivity contribution in [1.82, 2.24) is 5.32 Å². The lowest BCUT2D eigenvalue weighted by molar-refractivity contribution is 0.0250. The Kier molecular flexibility index (Phi) is 4.83. The van der Waals surface area contributed by atoms with Crippen LogP contribution in [0.15, 0.2) is 18.2 Å². The number of benzene rings is 1. The maximum absolute atomic E-state index is 10.5. The van der Waals surface area contributed by atoms with E-state index in [1.54, 1.807) is 6.07 Å². The van der Waals surface area contributed by atoms with Gasteiger partial charge in [0, 0.05) is 18.7 Å². The van der Waals surface area contributed by atoms with E-state index in [4.69, 9.17) is 0 Å². The predicted molar refractivity (Wildman–Crippen MR) is 77.2 cm³/mol. The third-order valence-electron chi connectivity index (χ3n) is 4.04. The largest absolute Gasteiger partial charge is 0.508 e. The van der Waals surface area contributed by atoms with Crippen molar-refractivity contribution in [3.8, 4) is 5.75 Å². The molecule has 0 amide bonds. The van der Waals surface area contributed by atoms with Gasteiger partial charge in [-0.2, -0.15) is 0 Å². The zero-order valence-corrected chi connectivity index (χ0v) is 11.8. The summed E-state index contributed by atoms with van der Waals surface area (Å²) >= 11 is 0. The maximum atomic E-state index is 10.5. The van der Waals surface area contributed by atoms with Crippen molar-refractivity contribution >= 4 is 0 Å². The van der Waals surface area contributed by atoms with Crippen molar-refractivity contribution < 1.29 is 10.2 Å². The number of phenols is 1. The molecule has 1 aromatic rings. The Balaban J connectivity index is 1.86. The molecule has 0 aliphatic heterocycles. The number of hydrogen-bond acceptors (Lipinski definition) is 3. The monoisotopic (exact) mass is 263 g/mol. The van der Waals surface area contributed by atoms with Gasteiger partial charge in [0.1, 0.15) is 5.75 Å². The van der Waals surface area contributed by atoms with Crippen LogP contribution in [0, 0.1) is 6.92 Å². The molecule has 1 aromatic carbocycles. The number of phenolic OH excluding ortho intramolecular Hbond substituents is 1. The fourth-order valence-electron chi connectivity index (χ4n) is 2.85. The van der Waals surface area contributed by atoms with Crippen LogP contribution >= 0.6 is 0 Å². The van der Waals surface area contributed by atoms with Gasteiger partial charge in [0.2, 0.25) is 0 Å². The van der Waals surface area contributed by atoms with Crippen LogP contribution in [0.1, 0.15) is 49.7 Å². The molecule has 0 bridgehead atoms. The highest BCUT2D eigenvalue weighted by atomic mass is 16.3. The standard InChI is InChI=1S/C16H25NO2/c1-13-6-7-15(18)14(10-13)11-17-12-16(19)8-4-2-3-5-9-16/h6-7,10,17-19H,2-5,8-9,11-12H2,1H3. The predicted octanol–water partition coefficient (Wildman–Crippen LogP) is 2.88. The molecule has 0 heterocycles. The quantitative estimate of drug-likeness (QED) is 0.732. The van der Waals surface area contributed by atoms with Gasteiger partial charge in [-0.05, 0) is 25.8 Å². The smallest absolute Gasteiger partial charge is 0.120 e. The van der Waals surface area contributed by atoms with E-state index in [1.807, 2.05) is 19.1 Å². The Morgan fingerprint density at radius 1 is 1.16 bits per heavy atom. The normalized spacial score (nSPS) is 19.1. The average molecular weight is 263 g/mol. The second-order valence-corrected chi connectivity index (χ2v) is 5.87. The summed E-state index contributed by atoms with van der Waals surface area (Å²) in [5.41, 5.74) is 1.48. The summed E-state index contributed by atoms with van der Waals surface area (Å²) in [6.07, 6.45) is 6.49. The second kappa shape index (κ2) is 6.40. The number of rotatable bonds is 4. The minimum atomic E-state index is -0.560. The summed E-state index contributed by atoms with van der Waals surface area (Å²) in [6, 6.07) is 5.61. The molecule has 3 nitrogen and oxygen atoms in total. The lowest BCUT2D eigenvalue weighted by Crippen LogP contribution is -2.39. The second-order valence-electron chi connectivity index (χ2n) is 5.87. The van der Waals surface area contributed by atoms with Gasteiger partial charge in [0.15, 0.2) is 0 Å². The average Bonchev–Trinajstić information content (AvgIpc) is 2.59. The molecule has 19 heavy (non-hydrogen) atoms. The van der Waals surface area contributed by atoms with Crippen molar-refractivity contribution in [2.45, 2.75) is 57.6 Å². The van der Waals surface area contributed by atoms with E-state index < -0.39 is 5.60 Å². The summed E-state index contributed by atoms with van der Waals surface area (Å²) in [4.78, 5) is 0. The first-order chi connectivity index (χ1) is 9.09. The minimum absolute atomic E-state index is 0.325. The number of aryl methyl sites for hydroxylation is 1. The molecule has 1 fully saturated rings. The van der Waals surface area contributed by atoms with Crippen molar-refractivity contribution in [3.63, 3.8) is 0 Å². The molecule has 0 atom stereocenters. The summed E-state index contributed by atoms with van der Waals surface area (Å²) < 4.78 is 0. The van der Waals surface area contributed by atoms with Crippen molar-refractivity contribution in [1.29, 1.82) is 0 Å². The van der Waals surface area contributed by atoms with Gasteiger partial charge < -0.3 is 15.5 Å². The Hall–Kier alpha value is -1.06. The van der Waals surface area contributed by atoms with E-state index in [-0.39, 0.29) is 0 Å². The Morgan fingerprint density at radius 2 is 1.84 bits per heavy atom. The van der Waals surface area contributed by atoms with Gasteiger partial charge in [-0.3, -0.25) is 0 Å². The lowest BCUT2D eigenvalue weighted by Gasteiger charge is -2.27. The first kappa shape index (κ1) is 14.4. The zero-order valence-electron chi connectivity index (χ0n) is 11.8. The highest BCUT2D eigenvalue weighted by molar-refractivity contribution is 5.35. The number of nitrogens with one attached hydrogen (secondary N) is 1. The summed E-state index contributed by atoms with van der Waals surface area (Å²) in [6.45, 7) is 3.23. The molecule has 0 radical (unpaired) electrons. The number of aliphatic hydroxyl groups is 1. The number of hydrogen-bond donors (Lipinski definition) is 3. The van der Waals surface area contributed by atoms with Crippen LogP contribution < -0.4 is 5.32 Å². The van der Waals surface area contributed by atoms with Crippen LogP contribution in [-0.4, -0.2) is 22.4 Å². The van der Waals surface area contributed by atoms with Crippen molar-refractivity contribution in [3.05, 3.63) is 29.3 Å². The number of aromatic hydroxyl groups is 1. The van der Waals surface area contributed by atoms with Crippen LogP contribution in [-0.2, 0) is 6.54 Å². The molecular weight excluding hydrogens is 238 g/mol. The third kappa shape index (κ3) is 4.22. The molecule has 1 aliphatic rings. The van der Waals surface area contributed by atoms with E-state index in [0.29, 0.717) is 18.8 Å². The molecule has 3 N–H and O–H groups in total. The van der Waals surface area contributed by atoms with Crippen LogP contribution in [0.5, 0.6) is 5.75 Å². The summed E-state index contributed by atoms with van der Waals surface area (Å²) in [5, 5.41) is 23.6. The van der Waals surface area contributed by atoms with Gasteiger partial charge in [0.05, 0.1) is 5.60 Å². The first-order valence-electron chi connectivity index (χ1n) is 7.31. The highest BCUT2D eigenvalue weighted by Gasteiger charge is 2.27. The van der Waals surface area contributed by atoms with Gasteiger partial charge in [-0.25, -0.2) is 0 Å². The molecule has 0 unspecified atom stereocenters. The molecule has 2 rings (SSSR count). The van der Waals surface area contributed by atoms with Gasteiger partial charge in [-0.15, -0.1) is 0 Å². The molecule has 0 aromatic heterocycles. The molecule has 0 saturated heterocycles. The minimum Gasteiger partial charge on any atom is -0.508 e. The highest BCUT2D eigenvalue weighted by Crippen LogP contribution is 2.26. The Morgan fingerprint density at radius 3 is 2.53 bits per heavy atom. The molecular formula is C16H25NO2. The SMILES string of the molecule is Cc1ccc(O)c(CNCC2(O)CCCCCC2)c1. The maximum Gasteiger partial charge on any atom is 0.120 e. The van der Waals surface area contributed by atoms with Gasteiger partial charge in [0.25, 0.3) is 0 Å². The fraction of sp³-hybridized carbons (Fsp3) is 0.625. The van der Waals surface area contributed by atoms with Crippen LogP contribution in [0.2, 0.25) is 0 Å². The molecule has 3 heteroatoms. The van der Waals surface area contributed by atoms with Crippen LogP contribution in [0.4, 0.5) is 0 Å². The summed E-state index contributed by atoms with van der Waals surface area (Å²) in [7, 11) is 0. The van der Waals surface area contributed by atoms with Gasteiger partial charge >= 0.3 is 0 Å². The van der Waals surface area contributed by atoms with E-state index in [2.05, 4.69) is 5.32 Å². The van der Waals surface area contributed by atoms with Crippen molar-refractivity contribution in [2.75, 3.05) is 6.54 Å². The zero-order chi connectivity index (χ0) is 13.7. The topological polar surface area (TPSA) is 52.5 Å². The van der Waals surface area contributed by atoms with E-state index in [9.17, 15) is 10.2 Å². The van der Waals surface area contributed by atoms with E-state index in [1.165, 1.54) is 12.8 Å². The fourth-order valence-corrected chi connectivity index (χ4v) is 2.85. The lowest BCUT2D eigenvalue weighted by atomic mass is 9.94. The van der Waals surface area contributed by atoms with Crippen LogP contribution in [0.25, 0.3) is 0 Å². The van der Waals surface area contributed by atoms with E-state index >= 15 is 0 Å². The Labute approximate surface area is 115 Å². The first-order valence-corrected chi connectivity index (χ1v) is 7.31. The Bertz CT molecular complexity index is 409. The van der Waals surface area contributed by atoms with Crippen molar-refractivity contribution in [2.24, 2.45) is 0 Å². The third-order valence-corrected chi connectivity index (χ3v) is 4.04. The van der Waals surface area contributed by atoms with Crippen LogP contribution in [0.3, 0.4) is 0 Å².